The lowest BCUT2D eigenvalue weighted by Crippen LogP contribution is -2.40. The zero-order valence-corrected chi connectivity index (χ0v) is 11.8. The Bertz CT molecular complexity index is 406. The molecule has 0 saturated carbocycles. The first-order valence-electron chi connectivity index (χ1n) is 6.30. The third kappa shape index (κ3) is 2.68. The van der Waals surface area contributed by atoms with Gasteiger partial charge in [0.1, 0.15) is 5.75 Å². The number of hydrogen-bond acceptors (Lipinski definition) is 3. The smallest absolute Gasteiger partial charge is 0.204 e. The fraction of sp³-hybridized carbons (Fsp3) is 0.600. The molecule has 1 fully saturated rings. The second-order valence-corrected chi connectivity index (χ2v) is 5.95. The SMILES string of the molecule is COC(C)(C)Oc1ccc(C2OCC2(C)C)cc1. The Kier molecular flexibility index (Phi) is 3.39. The molecule has 1 aromatic carbocycles. The molecule has 0 spiro atoms. The van der Waals surface area contributed by atoms with Crippen molar-refractivity contribution < 1.29 is 14.2 Å². The average molecular weight is 250 g/mol. The van der Waals surface area contributed by atoms with Gasteiger partial charge in [0, 0.05) is 26.4 Å². The Hall–Kier alpha value is -1.06. The van der Waals surface area contributed by atoms with E-state index in [2.05, 4.69) is 26.0 Å². The standard InChI is InChI=1S/C15H22O3/c1-14(2)10-17-13(14)11-6-8-12(9-7-11)18-15(3,4)16-5/h6-9,13H,10H2,1-5H3. The molecule has 1 heterocycles. The van der Waals surface area contributed by atoms with Crippen molar-refractivity contribution in [1.29, 1.82) is 0 Å². The molecule has 0 amide bonds. The average Bonchev–Trinajstić information content (AvgIpc) is 2.30. The summed E-state index contributed by atoms with van der Waals surface area (Å²) in [6.07, 6.45) is 0.196. The number of ether oxygens (including phenoxy) is 3. The van der Waals surface area contributed by atoms with Gasteiger partial charge in [0.15, 0.2) is 0 Å². The van der Waals surface area contributed by atoms with Gasteiger partial charge in [-0.2, -0.15) is 0 Å². The summed E-state index contributed by atoms with van der Waals surface area (Å²) < 4.78 is 16.6. The van der Waals surface area contributed by atoms with Gasteiger partial charge in [-0.1, -0.05) is 26.0 Å². The van der Waals surface area contributed by atoms with Crippen molar-refractivity contribution in [1.82, 2.24) is 0 Å². The van der Waals surface area contributed by atoms with Gasteiger partial charge in [0.05, 0.1) is 12.7 Å². The molecule has 0 N–H and O–H groups in total. The predicted molar refractivity (Wildman–Crippen MR) is 70.6 cm³/mol. The maximum absolute atomic E-state index is 5.73. The van der Waals surface area contributed by atoms with Crippen LogP contribution in [0.15, 0.2) is 24.3 Å². The van der Waals surface area contributed by atoms with Crippen LogP contribution in [0, 0.1) is 5.41 Å². The molecule has 0 bridgehead atoms. The van der Waals surface area contributed by atoms with Crippen LogP contribution < -0.4 is 4.74 Å². The van der Waals surface area contributed by atoms with Crippen LogP contribution in [-0.4, -0.2) is 19.5 Å². The van der Waals surface area contributed by atoms with E-state index in [4.69, 9.17) is 14.2 Å². The molecular weight excluding hydrogens is 228 g/mol. The number of benzene rings is 1. The van der Waals surface area contributed by atoms with E-state index < -0.39 is 5.79 Å². The minimum absolute atomic E-state index is 0.196. The van der Waals surface area contributed by atoms with Crippen LogP contribution in [0.1, 0.15) is 39.4 Å². The Labute approximate surface area is 109 Å². The van der Waals surface area contributed by atoms with E-state index in [0.717, 1.165) is 12.4 Å². The van der Waals surface area contributed by atoms with E-state index in [9.17, 15) is 0 Å². The Morgan fingerprint density at radius 1 is 1.22 bits per heavy atom. The van der Waals surface area contributed by atoms with Crippen molar-refractivity contribution in [3.63, 3.8) is 0 Å². The molecule has 1 atom stereocenters. The first kappa shape index (κ1) is 13.4. The minimum atomic E-state index is -0.603. The second-order valence-electron chi connectivity index (χ2n) is 5.95. The molecule has 1 aromatic rings. The summed E-state index contributed by atoms with van der Waals surface area (Å²) in [6, 6.07) is 8.06. The largest absolute Gasteiger partial charge is 0.463 e. The molecule has 3 heteroatoms. The Balaban J connectivity index is 2.07. The van der Waals surface area contributed by atoms with Crippen LogP contribution in [-0.2, 0) is 9.47 Å². The van der Waals surface area contributed by atoms with Crippen LogP contribution in [0.4, 0.5) is 0 Å². The maximum atomic E-state index is 5.73. The number of methoxy groups -OCH3 is 1. The molecule has 18 heavy (non-hydrogen) atoms. The van der Waals surface area contributed by atoms with Gasteiger partial charge in [-0.05, 0) is 17.7 Å². The fourth-order valence-corrected chi connectivity index (χ4v) is 2.08. The normalized spacial score (nSPS) is 22.4. The minimum Gasteiger partial charge on any atom is -0.463 e. The monoisotopic (exact) mass is 250 g/mol. The van der Waals surface area contributed by atoms with Crippen LogP contribution >= 0.6 is 0 Å². The summed E-state index contributed by atoms with van der Waals surface area (Å²) in [6.45, 7) is 9.05. The van der Waals surface area contributed by atoms with E-state index in [1.165, 1.54) is 5.56 Å². The van der Waals surface area contributed by atoms with E-state index in [0.29, 0.717) is 0 Å². The van der Waals surface area contributed by atoms with E-state index >= 15 is 0 Å². The summed E-state index contributed by atoms with van der Waals surface area (Å²) in [5.41, 5.74) is 1.43. The lowest BCUT2D eigenvalue weighted by molar-refractivity contribution is -0.172. The van der Waals surface area contributed by atoms with Crippen LogP contribution in [0.2, 0.25) is 0 Å². The molecule has 100 valence electrons. The van der Waals surface area contributed by atoms with Gasteiger partial charge in [0.2, 0.25) is 5.79 Å². The first-order chi connectivity index (χ1) is 8.34. The molecule has 1 aliphatic heterocycles. The van der Waals surface area contributed by atoms with Gasteiger partial charge in [0.25, 0.3) is 0 Å². The van der Waals surface area contributed by atoms with E-state index in [1.54, 1.807) is 7.11 Å². The lowest BCUT2D eigenvalue weighted by atomic mass is 9.79. The highest BCUT2D eigenvalue weighted by molar-refractivity contribution is 5.30. The fourth-order valence-electron chi connectivity index (χ4n) is 2.08. The predicted octanol–water partition coefficient (Wildman–Crippen LogP) is 3.55. The Morgan fingerprint density at radius 2 is 1.83 bits per heavy atom. The van der Waals surface area contributed by atoms with Gasteiger partial charge in [-0.15, -0.1) is 0 Å². The summed E-state index contributed by atoms with van der Waals surface area (Å²) in [5.74, 6) is 0.205. The van der Waals surface area contributed by atoms with Crippen molar-refractivity contribution in [2.45, 2.75) is 39.6 Å². The van der Waals surface area contributed by atoms with Crippen molar-refractivity contribution in [2.75, 3.05) is 13.7 Å². The topological polar surface area (TPSA) is 27.7 Å². The molecule has 3 nitrogen and oxygen atoms in total. The Morgan fingerprint density at radius 3 is 2.22 bits per heavy atom. The van der Waals surface area contributed by atoms with Crippen molar-refractivity contribution in [3.8, 4) is 5.75 Å². The number of hydrogen-bond donors (Lipinski definition) is 0. The highest BCUT2D eigenvalue weighted by atomic mass is 16.7. The first-order valence-corrected chi connectivity index (χ1v) is 6.30. The molecule has 1 unspecified atom stereocenters. The zero-order valence-electron chi connectivity index (χ0n) is 11.8. The van der Waals surface area contributed by atoms with Gasteiger partial charge >= 0.3 is 0 Å². The molecule has 0 aromatic heterocycles. The van der Waals surface area contributed by atoms with Crippen LogP contribution in [0.3, 0.4) is 0 Å². The van der Waals surface area contributed by atoms with Gasteiger partial charge in [-0.3, -0.25) is 0 Å². The molecule has 2 rings (SSSR count). The van der Waals surface area contributed by atoms with Crippen molar-refractivity contribution >= 4 is 0 Å². The van der Waals surface area contributed by atoms with Gasteiger partial charge < -0.3 is 14.2 Å². The lowest BCUT2D eigenvalue weighted by Gasteiger charge is -2.44. The molecule has 0 radical (unpaired) electrons. The van der Waals surface area contributed by atoms with Crippen LogP contribution in [0.25, 0.3) is 0 Å². The highest BCUT2D eigenvalue weighted by Crippen LogP contribution is 2.45. The highest BCUT2D eigenvalue weighted by Gasteiger charge is 2.40. The molecule has 1 aliphatic rings. The molecule has 1 saturated heterocycles. The third-order valence-corrected chi connectivity index (χ3v) is 3.37. The van der Waals surface area contributed by atoms with Crippen molar-refractivity contribution in [2.24, 2.45) is 5.41 Å². The van der Waals surface area contributed by atoms with E-state index in [-0.39, 0.29) is 11.5 Å². The summed E-state index contributed by atoms with van der Waals surface area (Å²) in [7, 11) is 1.64. The molecule has 0 aliphatic carbocycles. The summed E-state index contributed by atoms with van der Waals surface area (Å²) in [4.78, 5) is 0. The van der Waals surface area contributed by atoms with E-state index in [1.807, 2.05) is 26.0 Å². The van der Waals surface area contributed by atoms with Gasteiger partial charge in [-0.25, -0.2) is 0 Å². The second kappa shape index (κ2) is 4.56. The quantitative estimate of drug-likeness (QED) is 0.765. The summed E-state index contributed by atoms with van der Waals surface area (Å²) >= 11 is 0. The number of rotatable bonds is 4. The van der Waals surface area contributed by atoms with Crippen molar-refractivity contribution in [3.05, 3.63) is 29.8 Å². The van der Waals surface area contributed by atoms with Crippen LogP contribution in [0.5, 0.6) is 5.75 Å². The zero-order chi connectivity index (χ0) is 13.4. The maximum Gasteiger partial charge on any atom is 0.204 e. The molecular formula is C15H22O3. The summed E-state index contributed by atoms with van der Waals surface area (Å²) in [5, 5.41) is 0. The third-order valence-electron chi connectivity index (χ3n) is 3.37.